The number of anilines is 1. The van der Waals surface area contributed by atoms with Gasteiger partial charge in [-0.05, 0) is 18.6 Å². The number of hydrogen-bond donors (Lipinski definition) is 6. The Kier molecular flexibility index (Phi) is 9.44. The fourth-order valence-corrected chi connectivity index (χ4v) is 7.09. The van der Waals surface area contributed by atoms with E-state index < -0.39 is 53.2 Å². The molecule has 0 aliphatic carbocycles. The van der Waals surface area contributed by atoms with E-state index in [0.29, 0.717) is 17.3 Å². The molecule has 19 heteroatoms. The molecule has 0 saturated carbocycles. The molecule has 3 unspecified atom stereocenters. The predicted molar refractivity (Wildman–Crippen MR) is 158 cm³/mol. The summed E-state index contributed by atoms with van der Waals surface area (Å²) < 4.78 is 0. The molecule has 1 fully saturated rings. The minimum Gasteiger partial charge on any atom is -0.478 e. The van der Waals surface area contributed by atoms with Crippen molar-refractivity contribution < 1.29 is 34.2 Å². The van der Waals surface area contributed by atoms with E-state index in [1.54, 1.807) is 17.1 Å². The smallest absolute Gasteiger partial charge is 0.352 e. The summed E-state index contributed by atoms with van der Waals surface area (Å²) in [5.41, 5.74) is 17.6. The lowest BCUT2D eigenvalue weighted by molar-refractivity contribution is -0.150. The Morgan fingerprint density at radius 2 is 2.12 bits per heavy atom. The van der Waals surface area contributed by atoms with Gasteiger partial charge in [-0.1, -0.05) is 23.0 Å². The highest BCUT2D eigenvalue weighted by atomic mass is 32.2. The topological polar surface area (TPSA) is 252 Å². The standard InChI is InChI=1S/C23H27N9O7S3/c1-3-4-31-13(25)5-12(24)28-23(31)42-7-10-6-40-19-15(18(34)32(19)16(10)21(37)38)29-17(33)14(11-8-41-22(26)27-11)30-39-9(2)20(35)36/h3,5,8-9,13,15,19H,1,4,6-7,24-25H2,2H3,(H2,26,27)(H,29,33)(H,35,36)(H,37,38)/b30-14-/t9?,13?,15?,19-/m0/s1. The quantitative estimate of drug-likeness (QED) is 0.0762. The zero-order valence-electron chi connectivity index (χ0n) is 22.0. The van der Waals surface area contributed by atoms with Gasteiger partial charge in [0.05, 0.1) is 0 Å². The number of amides is 2. The van der Waals surface area contributed by atoms with Crippen molar-refractivity contribution in [3.63, 3.8) is 0 Å². The van der Waals surface area contributed by atoms with Gasteiger partial charge in [0, 0.05) is 23.4 Å². The van der Waals surface area contributed by atoms with Crippen LogP contribution in [0.3, 0.4) is 0 Å². The first kappa shape index (κ1) is 30.9. The third-order valence-electron chi connectivity index (χ3n) is 6.04. The van der Waals surface area contributed by atoms with Crippen LogP contribution in [0.2, 0.25) is 0 Å². The molecule has 0 radical (unpaired) electrons. The van der Waals surface area contributed by atoms with Gasteiger partial charge < -0.3 is 42.5 Å². The summed E-state index contributed by atoms with van der Waals surface area (Å²) in [5, 5.41) is 26.6. The Balaban J connectivity index is 1.50. The van der Waals surface area contributed by atoms with Crippen LogP contribution in [0, 0.1) is 0 Å². The third kappa shape index (κ3) is 6.37. The number of β-lactam (4-membered cyclic amide) rings is 1. The SMILES string of the molecule is C=CCN1C(SCC2=C(C(=O)O)N3C(=O)C(NC(=O)/C(=N\OC(C)C(=O)O)c4csc(N)n4)[C@@H]3SC2)=NC(N)=CC1N. The molecule has 4 atom stereocenters. The maximum absolute atomic E-state index is 13.2. The van der Waals surface area contributed by atoms with Gasteiger partial charge in [-0.15, -0.1) is 29.7 Å². The van der Waals surface area contributed by atoms with Crippen LogP contribution in [-0.4, -0.2) is 101 Å². The molecule has 0 bridgehead atoms. The number of oxime groups is 1. The molecule has 1 saturated heterocycles. The van der Waals surface area contributed by atoms with E-state index in [1.807, 2.05) is 0 Å². The number of amidine groups is 1. The number of nitrogen functional groups attached to an aromatic ring is 1. The number of carbonyl (C=O) groups excluding carboxylic acids is 2. The molecule has 1 aromatic heterocycles. The molecule has 9 N–H and O–H groups in total. The number of nitrogens with zero attached hydrogens (tertiary/aromatic N) is 5. The predicted octanol–water partition coefficient (Wildman–Crippen LogP) is -0.667. The second-order valence-corrected chi connectivity index (χ2v) is 11.9. The number of rotatable bonds is 11. The number of hydrogen-bond acceptors (Lipinski definition) is 15. The summed E-state index contributed by atoms with van der Waals surface area (Å²) in [6.07, 6.45) is 1.33. The summed E-state index contributed by atoms with van der Waals surface area (Å²) in [5.74, 6) is -3.45. The summed E-state index contributed by atoms with van der Waals surface area (Å²) >= 11 is 3.52. The number of carboxylic acid groups (broad SMARTS) is 2. The van der Waals surface area contributed by atoms with Crippen molar-refractivity contribution in [2.45, 2.75) is 30.6 Å². The highest BCUT2D eigenvalue weighted by Gasteiger charge is 2.54. The van der Waals surface area contributed by atoms with Crippen LogP contribution in [0.5, 0.6) is 0 Å². The van der Waals surface area contributed by atoms with Gasteiger partial charge in [0.2, 0.25) is 6.10 Å². The first-order valence-corrected chi connectivity index (χ1v) is 15.0. The van der Waals surface area contributed by atoms with Gasteiger partial charge in [-0.2, -0.15) is 0 Å². The Morgan fingerprint density at radius 3 is 2.74 bits per heavy atom. The lowest BCUT2D eigenvalue weighted by Crippen LogP contribution is -2.71. The molecule has 4 rings (SSSR count). The number of aliphatic carboxylic acids is 2. The largest absolute Gasteiger partial charge is 0.478 e. The van der Waals surface area contributed by atoms with Crippen LogP contribution in [0.15, 0.2) is 51.4 Å². The highest BCUT2D eigenvalue weighted by Crippen LogP contribution is 2.41. The van der Waals surface area contributed by atoms with Crippen molar-refractivity contribution in [3.8, 4) is 0 Å². The second-order valence-electron chi connectivity index (χ2n) is 8.92. The molecule has 0 aromatic carbocycles. The number of thiazole rings is 1. The van der Waals surface area contributed by atoms with Crippen LogP contribution in [0.4, 0.5) is 5.13 Å². The molecular formula is C23H27N9O7S3. The van der Waals surface area contributed by atoms with Gasteiger partial charge in [-0.25, -0.2) is 19.6 Å². The van der Waals surface area contributed by atoms with E-state index >= 15 is 0 Å². The number of carbonyl (C=O) groups is 4. The monoisotopic (exact) mass is 637 g/mol. The second kappa shape index (κ2) is 12.8. The molecule has 3 aliphatic heterocycles. The van der Waals surface area contributed by atoms with E-state index in [9.17, 15) is 24.3 Å². The lowest BCUT2D eigenvalue weighted by atomic mass is 10.0. The van der Waals surface area contributed by atoms with E-state index in [-0.39, 0.29) is 33.8 Å². The van der Waals surface area contributed by atoms with E-state index in [0.717, 1.165) is 16.2 Å². The van der Waals surface area contributed by atoms with Gasteiger partial charge in [-0.3, -0.25) is 14.5 Å². The van der Waals surface area contributed by atoms with Gasteiger partial charge >= 0.3 is 11.9 Å². The first-order chi connectivity index (χ1) is 19.9. The number of carboxylic acids is 2. The number of fused-ring (bicyclic) bond motifs is 1. The molecule has 1 aromatic rings. The van der Waals surface area contributed by atoms with Gasteiger partial charge in [0.1, 0.15) is 34.8 Å². The normalized spacial score (nSPS) is 22.9. The minimum absolute atomic E-state index is 0.0178. The Labute approximate surface area is 251 Å². The highest BCUT2D eigenvalue weighted by molar-refractivity contribution is 8.14. The van der Waals surface area contributed by atoms with Crippen molar-refractivity contribution in [2.75, 3.05) is 23.8 Å². The molecule has 2 amide bonds. The number of nitrogens with one attached hydrogen (secondary N) is 1. The number of aliphatic imine (C=N–C) groups is 1. The van der Waals surface area contributed by atoms with E-state index in [1.165, 1.54) is 35.8 Å². The molecule has 42 heavy (non-hydrogen) atoms. The zero-order valence-corrected chi connectivity index (χ0v) is 24.4. The fourth-order valence-electron chi connectivity index (χ4n) is 3.99. The van der Waals surface area contributed by atoms with Crippen molar-refractivity contribution >= 4 is 74.6 Å². The van der Waals surface area contributed by atoms with E-state index in [2.05, 4.69) is 27.0 Å². The average Bonchev–Trinajstić information content (AvgIpc) is 3.36. The molecule has 0 spiro atoms. The minimum atomic E-state index is -1.37. The maximum atomic E-state index is 13.2. The Bertz CT molecular complexity index is 1440. The molecule has 224 valence electrons. The van der Waals surface area contributed by atoms with Crippen molar-refractivity contribution in [3.05, 3.63) is 46.9 Å². The summed E-state index contributed by atoms with van der Waals surface area (Å²) in [7, 11) is 0. The first-order valence-electron chi connectivity index (χ1n) is 12.1. The van der Waals surface area contributed by atoms with Crippen LogP contribution in [0.25, 0.3) is 0 Å². The van der Waals surface area contributed by atoms with Gasteiger partial charge in [0.15, 0.2) is 16.0 Å². The third-order valence-corrected chi connectivity index (χ3v) is 9.13. The molecular weight excluding hydrogens is 611 g/mol. The van der Waals surface area contributed by atoms with Crippen LogP contribution < -0.4 is 22.5 Å². The number of nitrogens with two attached hydrogens (primary N) is 3. The van der Waals surface area contributed by atoms with Crippen molar-refractivity contribution in [1.82, 2.24) is 20.1 Å². The summed E-state index contributed by atoms with van der Waals surface area (Å²) in [6.45, 7) is 5.33. The number of aromatic nitrogens is 1. The van der Waals surface area contributed by atoms with Crippen molar-refractivity contribution in [2.24, 2.45) is 21.6 Å². The molecule has 4 heterocycles. The maximum Gasteiger partial charge on any atom is 0.352 e. The van der Waals surface area contributed by atoms with Crippen LogP contribution in [-0.2, 0) is 24.0 Å². The summed E-state index contributed by atoms with van der Waals surface area (Å²) in [6, 6.07) is -1.09. The van der Waals surface area contributed by atoms with Crippen LogP contribution >= 0.6 is 34.9 Å². The van der Waals surface area contributed by atoms with Crippen molar-refractivity contribution in [1.29, 1.82) is 0 Å². The average molecular weight is 638 g/mol. The molecule has 3 aliphatic rings. The van der Waals surface area contributed by atoms with Crippen LogP contribution in [0.1, 0.15) is 12.6 Å². The zero-order chi connectivity index (χ0) is 30.7. The lowest BCUT2D eigenvalue weighted by Gasteiger charge is -2.49. The molecule has 16 nitrogen and oxygen atoms in total. The summed E-state index contributed by atoms with van der Waals surface area (Å²) in [4.78, 5) is 65.8. The Morgan fingerprint density at radius 1 is 1.38 bits per heavy atom. The fraction of sp³-hybridized carbons (Fsp3) is 0.348. The van der Waals surface area contributed by atoms with Gasteiger partial charge in [0.25, 0.3) is 11.8 Å². The number of thioether (sulfide) groups is 2. The van der Waals surface area contributed by atoms with E-state index in [4.69, 9.17) is 27.1 Å². The Hall–Kier alpha value is -4.07.